The molecule has 170 valence electrons. The Morgan fingerprint density at radius 1 is 0.806 bits per heavy atom. The first-order chi connectivity index (χ1) is 15.0. The Balaban J connectivity index is 1.79. The third-order valence-electron chi connectivity index (χ3n) is 4.83. The second kappa shape index (κ2) is 14.4. The molecule has 0 aliphatic carbocycles. The number of aliphatic hydroxyl groups excluding tert-OH is 2. The molecular formula is C24H33NO6. The first kappa shape index (κ1) is 24.7. The van der Waals surface area contributed by atoms with Crippen LogP contribution in [0.25, 0.3) is 0 Å². The molecule has 0 aliphatic heterocycles. The number of unbranched alkanes of at least 4 members (excludes halogenated alkanes) is 2. The van der Waals surface area contributed by atoms with E-state index in [0.717, 1.165) is 17.7 Å². The third kappa shape index (κ3) is 11.4. The number of carboxylic acids is 1. The highest BCUT2D eigenvalue weighted by Gasteiger charge is 2.20. The fourth-order valence-electron chi connectivity index (χ4n) is 3.31. The predicted octanol–water partition coefficient (Wildman–Crippen LogP) is 0.0614. The zero-order valence-corrected chi connectivity index (χ0v) is 17.8. The monoisotopic (exact) mass is 431 g/mol. The SMILES string of the molecule is O=C([O-])CCCCC[NH+](C[C@@H](O)COc1ccccc1)C[C@@H](O)COc1ccccc1. The number of para-hydroxylation sites is 2. The van der Waals surface area contributed by atoms with E-state index in [-0.39, 0.29) is 19.6 Å². The topological polar surface area (TPSA) is 103 Å². The lowest BCUT2D eigenvalue weighted by molar-refractivity contribution is -0.906. The van der Waals surface area contributed by atoms with Crippen molar-refractivity contribution in [3.8, 4) is 11.5 Å². The van der Waals surface area contributed by atoms with Crippen LogP contribution >= 0.6 is 0 Å². The third-order valence-corrected chi connectivity index (χ3v) is 4.83. The Labute approximate surface area is 183 Å². The molecule has 0 amide bonds. The highest BCUT2D eigenvalue weighted by atomic mass is 16.5. The van der Waals surface area contributed by atoms with Crippen LogP contribution in [0, 0.1) is 0 Å². The second-order valence-corrected chi connectivity index (χ2v) is 7.65. The van der Waals surface area contributed by atoms with Gasteiger partial charge in [-0.25, -0.2) is 0 Å². The molecule has 0 saturated heterocycles. The van der Waals surface area contributed by atoms with Crippen molar-refractivity contribution >= 4 is 5.97 Å². The Kier molecular flexibility index (Phi) is 11.5. The molecular weight excluding hydrogens is 398 g/mol. The Morgan fingerprint density at radius 3 is 1.74 bits per heavy atom. The normalized spacial score (nSPS) is 13.0. The number of quaternary nitrogens is 1. The maximum atomic E-state index is 10.6. The number of carbonyl (C=O) groups is 1. The van der Waals surface area contributed by atoms with E-state index in [2.05, 4.69) is 0 Å². The van der Waals surface area contributed by atoms with Crippen LogP contribution in [0.5, 0.6) is 11.5 Å². The number of benzene rings is 2. The fourth-order valence-corrected chi connectivity index (χ4v) is 3.31. The van der Waals surface area contributed by atoms with Gasteiger partial charge in [0.15, 0.2) is 0 Å². The van der Waals surface area contributed by atoms with Crippen molar-refractivity contribution in [2.24, 2.45) is 0 Å². The molecule has 0 saturated carbocycles. The van der Waals surface area contributed by atoms with Crippen LogP contribution in [-0.4, -0.2) is 61.2 Å². The molecule has 2 aromatic carbocycles. The first-order valence-electron chi connectivity index (χ1n) is 10.8. The minimum atomic E-state index is -1.04. The van der Waals surface area contributed by atoms with Crippen molar-refractivity contribution in [2.75, 3.05) is 32.8 Å². The van der Waals surface area contributed by atoms with Gasteiger partial charge in [0, 0.05) is 5.97 Å². The van der Waals surface area contributed by atoms with Crippen LogP contribution in [0.2, 0.25) is 0 Å². The number of aliphatic hydroxyl groups is 2. The molecule has 2 atom stereocenters. The summed E-state index contributed by atoms with van der Waals surface area (Å²) in [7, 11) is 0. The number of nitrogens with one attached hydrogen (secondary N) is 1. The molecule has 7 heteroatoms. The van der Waals surface area contributed by atoms with Crippen molar-refractivity contribution in [3.63, 3.8) is 0 Å². The summed E-state index contributed by atoms with van der Waals surface area (Å²) in [5, 5.41) is 31.4. The molecule has 0 unspecified atom stereocenters. The lowest BCUT2D eigenvalue weighted by atomic mass is 10.1. The van der Waals surface area contributed by atoms with Gasteiger partial charge >= 0.3 is 0 Å². The number of aliphatic carboxylic acids is 1. The van der Waals surface area contributed by atoms with Gasteiger partial charge in [-0.3, -0.25) is 0 Å². The highest BCUT2D eigenvalue weighted by Crippen LogP contribution is 2.09. The molecule has 0 heterocycles. The second-order valence-electron chi connectivity index (χ2n) is 7.65. The van der Waals surface area contributed by atoms with Crippen LogP contribution in [0.15, 0.2) is 60.7 Å². The highest BCUT2D eigenvalue weighted by molar-refractivity contribution is 5.64. The minimum absolute atomic E-state index is 0.0520. The molecule has 2 aromatic rings. The quantitative estimate of drug-likeness (QED) is 0.325. The summed E-state index contributed by atoms with van der Waals surface area (Å²) < 4.78 is 11.3. The lowest BCUT2D eigenvalue weighted by Gasteiger charge is -2.25. The van der Waals surface area contributed by atoms with E-state index in [1.807, 2.05) is 60.7 Å². The molecule has 0 radical (unpaired) electrons. The molecule has 0 spiro atoms. The molecule has 2 rings (SSSR count). The zero-order valence-electron chi connectivity index (χ0n) is 17.8. The first-order valence-corrected chi connectivity index (χ1v) is 10.8. The van der Waals surface area contributed by atoms with E-state index in [1.54, 1.807) is 0 Å². The van der Waals surface area contributed by atoms with E-state index in [0.29, 0.717) is 37.6 Å². The van der Waals surface area contributed by atoms with E-state index < -0.39 is 18.2 Å². The average molecular weight is 432 g/mol. The van der Waals surface area contributed by atoms with Crippen LogP contribution in [0.4, 0.5) is 0 Å². The molecule has 0 aromatic heterocycles. The van der Waals surface area contributed by atoms with E-state index in [4.69, 9.17) is 9.47 Å². The maximum Gasteiger partial charge on any atom is 0.137 e. The fraction of sp³-hybridized carbons (Fsp3) is 0.458. The Hall–Kier alpha value is -2.61. The summed E-state index contributed by atoms with van der Waals surface area (Å²) in [6.07, 6.45) is 0.776. The van der Waals surface area contributed by atoms with Crippen molar-refractivity contribution in [1.29, 1.82) is 0 Å². The minimum Gasteiger partial charge on any atom is -0.550 e. The van der Waals surface area contributed by atoms with Crippen LogP contribution in [-0.2, 0) is 4.79 Å². The average Bonchev–Trinajstić information content (AvgIpc) is 2.77. The standard InChI is InChI=1S/C24H33NO6/c26-20(18-30-22-10-4-1-5-11-22)16-25(15-9-3-8-14-24(28)29)17-21(27)19-31-23-12-6-2-7-13-23/h1-2,4-7,10-13,20-21,26-27H,3,8-9,14-19H2,(H,28,29)/t20-,21-/m1/s1. The Morgan fingerprint density at radius 2 is 1.29 bits per heavy atom. The smallest absolute Gasteiger partial charge is 0.137 e. The summed E-state index contributed by atoms with van der Waals surface area (Å²) in [5.74, 6) is 0.356. The van der Waals surface area contributed by atoms with Gasteiger partial charge in [-0.1, -0.05) is 36.4 Å². The predicted molar refractivity (Wildman–Crippen MR) is 115 cm³/mol. The van der Waals surface area contributed by atoms with Crippen molar-refractivity contribution in [2.45, 2.75) is 37.9 Å². The van der Waals surface area contributed by atoms with Gasteiger partial charge in [-0.2, -0.15) is 0 Å². The van der Waals surface area contributed by atoms with E-state index in [9.17, 15) is 20.1 Å². The van der Waals surface area contributed by atoms with Crippen LogP contribution in [0.3, 0.4) is 0 Å². The molecule has 3 N–H and O–H groups in total. The molecule has 0 aliphatic rings. The summed E-state index contributed by atoms with van der Waals surface area (Å²) in [6, 6.07) is 18.6. The van der Waals surface area contributed by atoms with Crippen LogP contribution < -0.4 is 19.5 Å². The van der Waals surface area contributed by atoms with Gasteiger partial charge in [0.05, 0.1) is 6.54 Å². The van der Waals surface area contributed by atoms with Crippen LogP contribution in [0.1, 0.15) is 25.7 Å². The summed E-state index contributed by atoms with van der Waals surface area (Å²) >= 11 is 0. The number of hydrogen-bond donors (Lipinski definition) is 3. The van der Waals surface area contributed by atoms with Gasteiger partial charge in [0.2, 0.25) is 0 Å². The summed E-state index contributed by atoms with van der Waals surface area (Å²) in [4.78, 5) is 11.6. The van der Waals surface area contributed by atoms with Gasteiger partial charge < -0.3 is 34.5 Å². The summed E-state index contributed by atoms with van der Waals surface area (Å²) in [6.45, 7) is 1.85. The number of hydrogen-bond acceptors (Lipinski definition) is 6. The largest absolute Gasteiger partial charge is 0.550 e. The number of carboxylic acid groups (broad SMARTS) is 1. The number of rotatable bonds is 16. The van der Waals surface area contributed by atoms with E-state index in [1.165, 1.54) is 0 Å². The maximum absolute atomic E-state index is 10.6. The molecule has 7 nitrogen and oxygen atoms in total. The van der Waals surface area contributed by atoms with Crippen molar-refractivity contribution in [3.05, 3.63) is 60.7 Å². The molecule has 31 heavy (non-hydrogen) atoms. The van der Waals surface area contributed by atoms with Crippen molar-refractivity contribution in [1.82, 2.24) is 0 Å². The van der Waals surface area contributed by atoms with Gasteiger partial charge in [-0.05, 0) is 49.9 Å². The summed E-state index contributed by atoms with van der Waals surface area (Å²) in [5.41, 5.74) is 0. The molecule has 0 fully saturated rings. The number of ether oxygens (including phenoxy) is 2. The Bertz CT molecular complexity index is 676. The van der Waals surface area contributed by atoms with Gasteiger partial charge in [0.25, 0.3) is 0 Å². The molecule has 0 bridgehead atoms. The van der Waals surface area contributed by atoms with Gasteiger partial charge in [0.1, 0.15) is 50.0 Å². The van der Waals surface area contributed by atoms with E-state index >= 15 is 0 Å². The lowest BCUT2D eigenvalue weighted by Crippen LogP contribution is -3.14. The van der Waals surface area contributed by atoms with Gasteiger partial charge in [-0.15, -0.1) is 0 Å². The van der Waals surface area contributed by atoms with Crippen molar-refractivity contribution < 1.29 is 34.5 Å². The zero-order chi connectivity index (χ0) is 22.3. The number of carbonyl (C=O) groups excluding carboxylic acids is 1.